The van der Waals surface area contributed by atoms with E-state index in [0.29, 0.717) is 0 Å². The third-order valence-electron chi connectivity index (χ3n) is 4.52. The number of phenols is 4. The Balaban J connectivity index is 1.95. The van der Waals surface area contributed by atoms with Crippen LogP contribution in [0, 0.1) is 0 Å². The van der Waals surface area contributed by atoms with E-state index in [0.717, 1.165) is 12.1 Å². The molecule has 0 bridgehead atoms. The van der Waals surface area contributed by atoms with Gasteiger partial charge in [0.15, 0.2) is 17.5 Å². The number of aromatic hydroxyl groups is 4. The maximum Gasteiger partial charge on any atom is 0.167 e. The summed E-state index contributed by atoms with van der Waals surface area (Å²) >= 11 is 0. The SMILES string of the molecule is OC1=C(c2nc(-c3ccc(O)cc3O)nc(-c3ccc(O)cc3O)n2)C=CC(O)C1. The Kier molecular flexibility index (Phi) is 4.72. The molecule has 0 saturated carbocycles. The highest BCUT2D eigenvalue weighted by molar-refractivity contribution is 5.77. The van der Waals surface area contributed by atoms with Gasteiger partial charge in [0.2, 0.25) is 0 Å². The number of rotatable bonds is 3. The molecular weight excluding hydrogens is 390 g/mol. The van der Waals surface area contributed by atoms with Crippen molar-refractivity contribution in [2.75, 3.05) is 0 Å². The van der Waals surface area contributed by atoms with E-state index in [9.17, 15) is 30.6 Å². The molecule has 0 amide bonds. The number of allylic oxidation sites excluding steroid dienone is 2. The standard InChI is InChI=1S/C21H17N3O6/c25-10-1-4-13(16(28)7-10)19-22-20(14-5-2-11(26)8-17(14)29)24-21(23-19)15-6-3-12(27)9-18(15)30/h1-8,12,25-30H,9H2. The zero-order valence-corrected chi connectivity index (χ0v) is 15.4. The van der Waals surface area contributed by atoms with Crippen LogP contribution in [0.1, 0.15) is 12.2 Å². The van der Waals surface area contributed by atoms with Crippen LogP contribution in [-0.2, 0) is 0 Å². The van der Waals surface area contributed by atoms with E-state index in [1.165, 1.54) is 36.4 Å². The van der Waals surface area contributed by atoms with E-state index in [2.05, 4.69) is 15.0 Å². The molecule has 1 unspecified atom stereocenters. The van der Waals surface area contributed by atoms with Gasteiger partial charge in [0, 0.05) is 18.6 Å². The molecular formula is C21H17N3O6. The van der Waals surface area contributed by atoms with Crippen molar-refractivity contribution in [3.05, 3.63) is 60.1 Å². The first kappa shape index (κ1) is 19.2. The number of aliphatic hydroxyl groups is 2. The van der Waals surface area contributed by atoms with E-state index in [1.54, 1.807) is 0 Å². The fraction of sp³-hybridized carbons (Fsp3) is 0.0952. The molecule has 0 aliphatic heterocycles. The summed E-state index contributed by atoms with van der Waals surface area (Å²) in [4.78, 5) is 12.9. The van der Waals surface area contributed by atoms with Crippen LogP contribution >= 0.6 is 0 Å². The molecule has 0 spiro atoms. The minimum atomic E-state index is -0.836. The Morgan fingerprint density at radius 2 is 1.20 bits per heavy atom. The van der Waals surface area contributed by atoms with E-state index in [-0.39, 0.29) is 69.4 Å². The predicted molar refractivity (Wildman–Crippen MR) is 107 cm³/mol. The van der Waals surface area contributed by atoms with E-state index in [1.807, 2.05) is 0 Å². The molecule has 1 heterocycles. The quantitative estimate of drug-likeness (QED) is 0.383. The topological polar surface area (TPSA) is 160 Å². The minimum absolute atomic E-state index is 0.0168. The van der Waals surface area contributed by atoms with Gasteiger partial charge in [-0.25, -0.2) is 15.0 Å². The number of hydrogen-bond donors (Lipinski definition) is 6. The molecule has 9 nitrogen and oxygen atoms in total. The lowest BCUT2D eigenvalue weighted by molar-refractivity contribution is 0.201. The third-order valence-corrected chi connectivity index (χ3v) is 4.52. The van der Waals surface area contributed by atoms with Crippen LogP contribution in [0.15, 0.2) is 54.3 Å². The maximum absolute atomic E-state index is 10.3. The van der Waals surface area contributed by atoms with Gasteiger partial charge in [-0.3, -0.25) is 0 Å². The van der Waals surface area contributed by atoms with Crippen molar-refractivity contribution in [3.8, 4) is 45.8 Å². The van der Waals surface area contributed by atoms with Crippen molar-refractivity contribution in [2.45, 2.75) is 12.5 Å². The van der Waals surface area contributed by atoms with E-state index in [4.69, 9.17) is 0 Å². The third kappa shape index (κ3) is 3.61. The van der Waals surface area contributed by atoms with Crippen LogP contribution in [0.25, 0.3) is 28.3 Å². The fourth-order valence-electron chi connectivity index (χ4n) is 3.04. The molecule has 3 aromatic rings. The van der Waals surface area contributed by atoms with Gasteiger partial charge in [0.1, 0.15) is 28.8 Å². The number of aliphatic hydroxyl groups excluding tert-OH is 2. The Morgan fingerprint density at radius 3 is 1.67 bits per heavy atom. The second kappa shape index (κ2) is 7.37. The second-order valence-corrected chi connectivity index (χ2v) is 6.70. The summed E-state index contributed by atoms with van der Waals surface area (Å²) in [5.74, 6) is -0.868. The maximum atomic E-state index is 10.3. The Hall–Kier alpha value is -4.11. The lowest BCUT2D eigenvalue weighted by Gasteiger charge is -2.15. The second-order valence-electron chi connectivity index (χ2n) is 6.70. The normalized spacial score (nSPS) is 16.1. The van der Waals surface area contributed by atoms with Gasteiger partial charge in [-0.2, -0.15) is 0 Å². The van der Waals surface area contributed by atoms with Gasteiger partial charge in [-0.1, -0.05) is 6.08 Å². The minimum Gasteiger partial charge on any atom is -0.511 e. The Bertz CT molecular complexity index is 1140. The summed E-state index contributed by atoms with van der Waals surface area (Å²) in [6.07, 6.45) is 2.10. The molecule has 1 aliphatic carbocycles. The first-order valence-electron chi connectivity index (χ1n) is 8.91. The lowest BCUT2D eigenvalue weighted by atomic mass is 10.0. The van der Waals surface area contributed by atoms with Crippen LogP contribution in [-0.4, -0.2) is 51.7 Å². The first-order valence-corrected chi connectivity index (χ1v) is 8.91. The number of aromatic nitrogens is 3. The van der Waals surface area contributed by atoms with Crippen LogP contribution in [0.3, 0.4) is 0 Å². The van der Waals surface area contributed by atoms with Crippen molar-refractivity contribution >= 4 is 5.57 Å². The summed E-state index contributed by atoms with van der Waals surface area (Å²) in [6, 6.07) is 7.79. The zero-order chi connectivity index (χ0) is 21.4. The van der Waals surface area contributed by atoms with Crippen LogP contribution in [0.2, 0.25) is 0 Å². The Morgan fingerprint density at radius 1 is 0.700 bits per heavy atom. The molecule has 0 radical (unpaired) electrons. The summed E-state index contributed by atoms with van der Waals surface area (Å²) in [5, 5.41) is 59.6. The van der Waals surface area contributed by atoms with Gasteiger partial charge >= 0.3 is 0 Å². The molecule has 1 aliphatic rings. The van der Waals surface area contributed by atoms with Gasteiger partial charge in [0.25, 0.3) is 0 Å². The molecule has 1 atom stereocenters. The molecule has 0 fully saturated rings. The summed E-state index contributed by atoms with van der Waals surface area (Å²) in [7, 11) is 0. The lowest BCUT2D eigenvalue weighted by Crippen LogP contribution is -2.11. The molecule has 30 heavy (non-hydrogen) atoms. The number of benzene rings is 2. The molecule has 6 N–H and O–H groups in total. The van der Waals surface area contributed by atoms with Crippen LogP contribution in [0.4, 0.5) is 0 Å². The summed E-state index contributed by atoms with van der Waals surface area (Å²) in [5.41, 5.74) is 0.633. The largest absolute Gasteiger partial charge is 0.511 e. The molecule has 152 valence electrons. The Labute approximate surface area is 170 Å². The van der Waals surface area contributed by atoms with Crippen molar-refractivity contribution in [3.63, 3.8) is 0 Å². The first-order chi connectivity index (χ1) is 14.3. The average molecular weight is 407 g/mol. The van der Waals surface area contributed by atoms with Crippen molar-refractivity contribution in [1.29, 1.82) is 0 Å². The predicted octanol–water partition coefficient (Wildman–Crippen LogP) is 2.62. The number of hydrogen-bond acceptors (Lipinski definition) is 9. The van der Waals surface area contributed by atoms with E-state index >= 15 is 0 Å². The van der Waals surface area contributed by atoms with Gasteiger partial charge in [-0.05, 0) is 30.3 Å². The zero-order valence-electron chi connectivity index (χ0n) is 15.4. The molecule has 4 rings (SSSR count). The molecule has 0 saturated heterocycles. The van der Waals surface area contributed by atoms with Gasteiger partial charge in [0.05, 0.1) is 22.8 Å². The van der Waals surface area contributed by atoms with E-state index < -0.39 is 6.10 Å². The monoisotopic (exact) mass is 407 g/mol. The van der Waals surface area contributed by atoms with Gasteiger partial charge < -0.3 is 30.6 Å². The smallest absolute Gasteiger partial charge is 0.167 e. The van der Waals surface area contributed by atoms with Crippen molar-refractivity contribution < 1.29 is 30.6 Å². The highest BCUT2D eigenvalue weighted by Crippen LogP contribution is 2.35. The van der Waals surface area contributed by atoms with Crippen LogP contribution in [0.5, 0.6) is 23.0 Å². The molecule has 2 aromatic carbocycles. The van der Waals surface area contributed by atoms with Crippen LogP contribution < -0.4 is 0 Å². The summed E-state index contributed by atoms with van der Waals surface area (Å²) < 4.78 is 0. The average Bonchev–Trinajstić information content (AvgIpc) is 2.67. The van der Waals surface area contributed by atoms with Gasteiger partial charge in [-0.15, -0.1) is 0 Å². The molecule has 1 aromatic heterocycles. The van der Waals surface area contributed by atoms with Crippen molar-refractivity contribution in [1.82, 2.24) is 15.0 Å². The number of phenolic OH excluding ortho intramolecular Hbond substituents is 4. The fourth-order valence-corrected chi connectivity index (χ4v) is 3.04. The highest BCUT2D eigenvalue weighted by Gasteiger charge is 2.21. The number of nitrogens with zero attached hydrogens (tertiary/aromatic N) is 3. The highest BCUT2D eigenvalue weighted by atomic mass is 16.3. The molecule has 9 heteroatoms. The summed E-state index contributed by atoms with van der Waals surface area (Å²) in [6.45, 7) is 0. The van der Waals surface area contributed by atoms with Crippen molar-refractivity contribution in [2.24, 2.45) is 0 Å².